The van der Waals surface area contributed by atoms with Crippen molar-refractivity contribution >= 4 is 11.3 Å². The third kappa shape index (κ3) is 1.38. The first kappa shape index (κ1) is 8.47. The van der Waals surface area contributed by atoms with Crippen LogP contribution in [0.5, 0.6) is 0 Å². The van der Waals surface area contributed by atoms with Crippen LogP contribution in [-0.4, -0.2) is 9.38 Å². The molecule has 2 aromatic rings. The molecule has 2 heterocycles. The van der Waals surface area contributed by atoms with Gasteiger partial charge in [-0.3, -0.25) is 9.20 Å². The van der Waals surface area contributed by atoms with Gasteiger partial charge in [0.1, 0.15) is 5.65 Å². The monoisotopic (exact) mass is 201 g/mol. The molecule has 3 rings (SSSR count). The predicted octanol–water partition coefficient (Wildman–Crippen LogP) is 1.15. The van der Waals surface area contributed by atoms with E-state index in [4.69, 9.17) is 5.73 Å². The van der Waals surface area contributed by atoms with Gasteiger partial charge < -0.3 is 5.73 Å². The summed E-state index contributed by atoms with van der Waals surface area (Å²) in [6.45, 7) is 0. The fourth-order valence-electron chi connectivity index (χ4n) is 1.73. The molecule has 0 unspecified atom stereocenters. The Bertz CT molecular complexity index is 584. The Hall–Kier alpha value is -1.84. The number of fused-ring (bicyclic) bond motifs is 1. The smallest absolute Gasteiger partial charge is 0.258 e. The lowest BCUT2D eigenvalue weighted by Gasteiger charge is -2.03. The second-order valence-corrected chi connectivity index (χ2v) is 3.98. The predicted molar refractivity (Wildman–Crippen MR) is 57.8 cm³/mol. The number of nitrogens with zero attached hydrogens (tertiary/aromatic N) is 2. The van der Waals surface area contributed by atoms with Crippen molar-refractivity contribution in [1.82, 2.24) is 9.38 Å². The molecule has 15 heavy (non-hydrogen) atoms. The second-order valence-electron chi connectivity index (χ2n) is 3.98. The quantitative estimate of drug-likeness (QED) is 0.753. The maximum atomic E-state index is 11.7. The van der Waals surface area contributed by atoms with Gasteiger partial charge in [-0.25, -0.2) is 4.98 Å². The molecule has 2 N–H and O–H groups in total. The lowest BCUT2D eigenvalue weighted by molar-refractivity contribution is 0.958. The Balaban J connectivity index is 2.32. The van der Waals surface area contributed by atoms with Crippen molar-refractivity contribution in [1.29, 1.82) is 0 Å². The number of nitrogens with two attached hydrogens (primary N) is 1. The summed E-state index contributed by atoms with van der Waals surface area (Å²) in [6, 6.07) is 5.06. The zero-order chi connectivity index (χ0) is 10.4. The number of hydrogen-bond acceptors (Lipinski definition) is 3. The SMILES string of the molecule is Nc1ccn2c(=O)cc(C3CC3)nc2c1. The summed E-state index contributed by atoms with van der Waals surface area (Å²) < 4.78 is 1.52. The molecule has 76 valence electrons. The number of nitrogen functional groups attached to an aromatic ring is 1. The lowest BCUT2D eigenvalue weighted by atomic mass is 10.3. The van der Waals surface area contributed by atoms with Gasteiger partial charge in [0.15, 0.2) is 0 Å². The summed E-state index contributed by atoms with van der Waals surface area (Å²) in [5, 5.41) is 0. The van der Waals surface area contributed by atoms with Crippen molar-refractivity contribution in [3.63, 3.8) is 0 Å². The van der Waals surface area contributed by atoms with Gasteiger partial charge in [0.2, 0.25) is 0 Å². The third-order valence-electron chi connectivity index (χ3n) is 2.71. The minimum absolute atomic E-state index is 0.0260. The number of hydrogen-bond donors (Lipinski definition) is 1. The van der Waals surface area contributed by atoms with E-state index in [2.05, 4.69) is 4.98 Å². The van der Waals surface area contributed by atoms with Crippen LogP contribution in [0.15, 0.2) is 29.2 Å². The number of rotatable bonds is 1. The van der Waals surface area contributed by atoms with Gasteiger partial charge >= 0.3 is 0 Å². The average molecular weight is 201 g/mol. The zero-order valence-electron chi connectivity index (χ0n) is 8.18. The van der Waals surface area contributed by atoms with E-state index in [0.717, 1.165) is 18.5 Å². The topological polar surface area (TPSA) is 60.4 Å². The largest absolute Gasteiger partial charge is 0.399 e. The Morgan fingerprint density at radius 3 is 2.93 bits per heavy atom. The van der Waals surface area contributed by atoms with Gasteiger partial charge in [-0.05, 0) is 18.9 Å². The van der Waals surface area contributed by atoms with Gasteiger partial charge in [0.05, 0.1) is 5.69 Å². The van der Waals surface area contributed by atoms with Crippen LogP contribution in [0.2, 0.25) is 0 Å². The summed E-state index contributed by atoms with van der Waals surface area (Å²) in [6.07, 6.45) is 3.95. The average Bonchev–Trinajstić information content (AvgIpc) is 2.99. The fourth-order valence-corrected chi connectivity index (χ4v) is 1.73. The molecule has 0 radical (unpaired) electrons. The molecule has 0 atom stereocenters. The normalized spacial score (nSPS) is 15.7. The Morgan fingerprint density at radius 1 is 1.40 bits per heavy atom. The minimum Gasteiger partial charge on any atom is -0.399 e. The maximum Gasteiger partial charge on any atom is 0.258 e. The Labute approximate surface area is 86.4 Å². The molecule has 0 amide bonds. The van der Waals surface area contributed by atoms with E-state index in [1.807, 2.05) is 0 Å². The van der Waals surface area contributed by atoms with E-state index in [0.29, 0.717) is 17.3 Å². The van der Waals surface area contributed by atoms with Crippen molar-refractivity contribution in [3.8, 4) is 0 Å². The van der Waals surface area contributed by atoms with Crippen LogP contribution in [-0.2, 0) is 0 Å². The van der Waals surface area contributed by atoms with Crippen molar-refractivity contribution < 1.29 is 0 Å². The minimum atomic E-state index is -0.0260. The van der Waals surface area contributed by atoms with Crippen molar-refractivity contribution in [2.45, 2.75) is 18.8 Å². The summed E-state index contributed by atoms with van der Waals surface area (Å²) in [5.74, 6) is 0.490. The van der Waals surface area contributed by atoms with Gasteiger partial charge in [-0.15, -0.1) is 0 Å². The van der Waals surface area contributed by atoms with Crippen LogP contribution in [0.1, 0.15) is 24.5 Å². The Morgan fingerprint density at radius 2 is 2.20 bits per heavy atom. The lowest BCUT2D eigenvalue weighted by Crippen LogP contribution is -2.15. The number of anilines is 1. The molecule has 1 saturated carbocycles. The molecular formula is C11H11N3O. The van der Waals surface area contributed by atoms with E-state index >= 15 is 0 Å². The van der Waals surface area contributed by atoms with Gasteiger partial charge in [0.25, 0.3) is 5.56 Å². The second kappa shape index (κ2) is 2.82. The van der Waals surface area contributed by atoms with E-state index in [9.17, 15) is 4.79 Å². The molecule has 0 aliphatic heterocycles. The molecule has 4 nitrogen and oxygen atoms in total. The molecule has 1 fully saturated rings. The highest BCUT2D eigenvalue weighted by Gasteiger charge is 2.25. The fraction of sp³-hybridized carbons (Fsp3) is 0.273. The molecule has 0 spiro atoms. The first-order valence-corrected chi connectivity index (χ1v) is 5.03. The molecular weight excluding hydrogens is 190 g/mol. The van der Waals surface area contributed by atoms with Crippen LogP contribution >= 0.6 is 0 Å². The number of pyridine rings is 1. The zero-order valence-corrected chi connectivity index (χ0v) is 8.18. The summed E-state index contributed by atoms with van der Waals surface area (Å²) in [5.41, 5.74) is 7.82. The standard InChI is InChI=1S/C11H11N3O/c12-8-3-4-14-10(5-8)13-9(6-11(14)15)7-1-2-7/h3-7H,1-2,12H2. The van der Waals surface area contributed by atoms with Gasteiger partial charge in [-0.2, -0.15) is 0 Å². The molecule has 4 heteroatoms. The highest BCUT2D eigenvalue weighted by atomic mass is 16.1. The van der Waals surface area contributed by atoms with E-state index < -0.39 is 0 Å². The van der Waals surface area contributed by atoms with Crippen LogP contribution in [0.3, 0.4) is 0 Å². The summed E-state index contributed by atoms with van der Waals surface area (Å²) in [4.78, 5) is 16.2. The first-order valence-electron chi connectivity index (χ1n) is 5.03. The van der Waals surface area contributed by atoms with Crippen LogP contribution in [0.25, 0.3) is 5.65 Å². The van der Waals surface area contributed by atoms with E-state index in [-0.39, 0.29) is 5.56 Å². The number of aromatic nitrogens is 2. The van der Waals surface area contributed by atoms with E-state index in [1.54, 1.807) is 24.4 Å². The highest BCUT2D eigenvalue weighted by Crippen LogP contribution is 2.38. The summed E-state index contributed by atoms with van der Waals surface area (Å²) >= 11 is 0. The van der Waals surface area contributed by atoms with Gasteiger partial charge in [0, 0.05) is 29.9 Å². The maximum absolute atomic E-state index is 11.7. The Kier molecular flexibility index (Phi) is 1.59. The van der Waals surface area contributed by atoms with Crippen LogP contribution < -0.4 is 11.3 Å². The molecule has 0 bridgehead atoms. The molecule has 2 aromatic heterocycles. The first-order chi connectivity index (χ1) is 7.24. The molecule has 0 saturated heterocycles. The summed E-state index contributed by atoms with van der Waals surface area (Å²) in [7, 11) is 0. The highest BCUT2D eigenvalue weighted by molar-refractivity contribution is 5.51. The van der Waals surface area contributed by atoms with Crippen molar-refractivity contribution in [2.75, 3.05) is 5.73 Å². The molecule has 1 aliphatic carbocycles. The molecule has 1 aliphatic rings. The van der Waals surface area contributed by atoms with Crippen LogP contribution in [0.4, 0.5) is 5.69 Å². The van der Waals surface area contributed by atoms with E-state index in [1.165, 1.54) is 4.40 Å². The van der Waals surface area contributed by atoms with Crippen molar-refractivity contribution in [3.05, 3.63) is 40.4 Å². The van der Waals surface area contributed by atoms with Crippen molar-refractivity contribution in [2.24, 2.45) is 0 Å². The third-order valence-corrected chi connectivity index (χ3v) is 2.71. The molecule has 0 aromatic carbocycles. The van der Waals surface area contributed by atoms with Crippen LogP contribution in [0, 0.1) is 0 Å². The van der Waals surface area contributed by atoms with Gasteiger partial charge in [-0.1, -0.05) is 0 Å².